The number of allylic oxidation sites excluding steroid dienone is 3. The molecule has 1 atom stereocenters. The van der Waals surface area contributed by atoms with E-state index in [1.165, 1.54) is 21.3 Å². The van der Waals surface area contributed by atoms with Crippen molar-refractivity contribution in [3.8, 4) is 17.2 Å². The van der Waals surface area contributed by atoms with Crippen LogP contribution < -0.4 is 24.8 Å². The number of amides is 1. The molecule has 7 nitrogen and oxygen atoms in total. The molecule has 0 saturated carbocycles. The zero-order valence-corrected chi connectivity index (χ0v) is 21.7. The number of hydrogen-bond acceptors (Lipinski definition) is 6. The molecule has 1 aliphatic heterocycles. The van der Waals surface area contributed by atoms with Gasteiger partial charge in [0, 0.05) is 40.9 Å². The van der Waals surface area contributed by atoms with Crippen LogP contribution in [0.2, 0.25) is 0 Å². The zero-order valence-electron chi connectivity index (χ0n) is 21.7. The van der Waals surface area contributed by atoms with Gasteiger partial charge in [-0.25, -0.2) is 8.78 Å². The Balaban J connectivity index is 1.90. The second-order valence-electron chi connectivity index (χ2n) is 9.97. The topological polar surface area (TPSA) is 85.9 Å². The van der Waals surface area contributed by atoms with Crippen LogP contribution in [0, 0.1) is 17.0 Å². The van der Waals surface area contributed by atoms with Gasteiger partial charge in [0.15, 0.2) is 17.3 Å². The van der Waals surface area contributed by atoms with Crippen LogP contribution in [0.15, 0.2) is 52.9 Å². The summed E-state index contributed by atoms with van der Waals surface area (Å²) in [4.78, 5) is 27.2. The van der Waals surface area contributed by atoms with Gasteiger partial charge in [0.1, 0.15) is 11.6 Å². The Morgan fingerprint density at radius 2 is 1.68 bits per heavy atom. The fourth-order valence-electron chi connectivity index (χ4n) is 5.12. The van der Waals surface area contributed by atoms with Crippen LogP contribution in [0.25, 0.3) is 0 Å². The molecule has 2 aromatic rings. The molecule has 0 aromatic heterocycles. The molecule has 9 heteroatoms. The Morgan fingerprint density at radius 1 is 1.03 bits per heavy atom. The van der Waals surface area contributed by atoms with Crippen molar-refractivity contribution in [2.45, 2.75) is 39.5 Å². The number of nitrogens with one attached hydrogen (secondary N) is 2. The highest BCUT2D eigenvalue weighted by Crippen LogP contribution is 2.49. The number of halogens is 2. The van der Waals surface area contributed by atoms with E-state index in [0.717, 1.165) is 17.8 Å². The molecular weight excluding hydrogens is 482 g/mol. The molecule has 0 bridgehead atoms. The summed E-state index contributed by atoms with van der Waals surface area (Å²) in [5, 5.41) is 5.81. The first kappa shape index (κ1) is 26.2. The quantitative estimate of drug-likeness (QED) is 0.551. The normalized spacial score (nSPS) is 18.7. The van der Waals surface area contributed by atoms with E-state index in [1.807, 2.05) is 13.8 Å². The highest BCUT2D eigenvalue weighted by molar-refractivity contribution is 6.10. The van der Waals surface area contributed by atoms with Gasteiger partial charge >= 0.3 is 0 Å². The third kappa shape index (κ3) is 4.90. The SMILES string of the molecule is COc1cc(C2C(C(=O)Nc3ccc(F)cc3F)=C(C)NC3=C2C(=O)CC(C)(C)C3)cc(OC)c1OC. The van der Waals surface area contributed by atoms with Crippen LogP contribution in [0.4, 0.5) is 14.5 Å². The van der Waals surface area contributed by atoms with E-state index < -0.39 is 23.5 Å². The number of anilines is 1. The summed E-state index contributed by atoms with van der Waals surface area (Å²) in [5.74, 6) is -2.08. The fraction of sp³-hybridized carbons (Fsp3) is 0.357. The maximum Gasteiger partial charge on any atom is 0.254 e. The highest BCUT2D eigenvalue weighted by Gasteiger charge is 2.43. The fourth-order valence-corrected chi connectivity index (χ4v) is 5.12. The molecule has 1 unspecified atom stereocenters. The molecule has 2 aromatic carbocycles. The van der Waals surface area contributed by atoms with Crippen molar-refractivity contribution >= 4 is 17.4 Å². The van der Waals surface area contributed by atoms with Gasteiger partial charge in [0.05, 0.1) is 27.0 Å². The third-order valence-corrected chi connectivity index (χ3v) is 6.68. The van der Waals surface area contributed by atoms with E-state index in [2.05, 4.69) is 10.6 Å². The molecule has 37 heavy (non-hydrogen) atoms. The lowest BCUT2D eigenvalue weighted by Gasteiger charge is -2.39. The molecule has 1 heterocycles. The van der Waals surface area contributed by atoms with Crippen LogP contribution in [-0.2, 0) is 9.59 Å². The minimum Gasteiger partial charge on any atom is -0.493 e. The van der Waals surface area contributed by atoms with Gasteiger partial charge in [0.25, 0.3) is 5.91 Å². The lowest BCUT2D eigenvalue weighted by atomic mass is 9.68. The summed E-state index contributed by atoms with van der Waals surface area (Å²) in [6, 6.07) is 6.31. The van der Waals surface area contributed by atoms with Crippen LogP contribution in [0.5, 0.6) is 17.2 Å². The van der Waals surface area contributed by atoms with Gasteiger partial charge in [-0.05, 0) is 48.6 Å². The first-order valence-electron chi connectivity index (χ1n) is 11.8. The average molecular weight is 513 g/mol. The van der Waals surface area contributed by atoms with Crippen molar-refractivity contribution in [2.24, 2.45) is 5.41 Å². The van der Waals surface area contributed by atoms with Crippen molar-refractivity contribution < 1.29 is 32.6 Å². The minimum absolute atomic E-state index is 0.0942. The minimum atomic E-state index is -0.907. The largest absolute Gasteiger partial charge is 0.493 e. The van der Waals surface area contributed by atoms with Crippen molar-refractivity contribution in [1.82, 2.24) is 5.32 Å². The van der Waals surface area contributed by atoms with Gasteiger partial charge in [-0.2, -0.15) is 0 Å². The second-order valence-corrected chi connectivity index (χ2v) is 9.97. The Labute approximate surface area is 214 Å². The summed E-state index contributed by atoms with van der Waals surface area (Å²) < 4.78 is 44.3. The average Bonchev–Trinajstić information content (AvgIpc) is 2.82. The molecule has 2 aliphatic rings. The van der Waals surface area contributed by atoms with Gasteiger partial charge in [0.2, 0.25) is 5.75 Å². The number of ketones is 1. The Kier molecular flexibility index (Phi) is 6.99. The molecule has 1 amide bonds. The van der Waals surface area contributed by atoms with Gasteiger partial charge in [-0.1, -0.05) is 13.8 Å². The van der Waals surface area contributed by atoms with E-state index in [4.69, 9.17) is 14.2 Å². The first-order valence-corrected chi connectivity index (χ1v) is 11.8. The summed E-state index contributed by atoms with van der Waals surface area (Å²) in [6.07, 6.45) is 0.906. The van der Waals surface area contributed by atoms with Crippen molar-refractivity contribution in [3.05, 3.63) is 70.1 Å². The molecule has 4 rings (SSSR count). The monoisotopic (exact) mass is 512 g/mol. The van der Waals surface area contributed by atoms with Gasteiger partial charge in [-0.15, -0.1) is 0 Å². The van der Waals surface area contributed by atoms with Crippen LogP contribution in [0.1, 0.15) is 45.1 Å². The highest BCUT2D eigenvalue weighted by atomic mass is 19.1. The number of hydrogen-bond donors (Lipinski definition) is 2. The summed E-state index contributed by atoms with van der Waals surface area (Å²) in [6.45, 7) is 5.77. The molecule has 0 saturated heterocycles. The molecule has 0 fully saturated rings. The van der Waals surface area contributed by atoms with Gasteiger partial charge < -0.3 is 24.8 Å². The number of carbonyl (C=O) groups excluding carboxylic acids is 2. The maximum absolute atomic E-state index is 14.4. The Bertz CT molecular complexity index is 1320. The number of rotatable bonds is 6. The first-order chi connectivity index (χ1) is 17.5. The molecular formula is C28H30F2N2O5. The van der Waals surface area contributed by atoms with Crippen molar-refractivity contribution in [3.63, 3.8) is 0 Å². The number of methoxy groups -OCH3 is 3. The van der Waals surface area contributed by atoms with E-state index >= 15 is 0 Å². The maximum atomic E-state index is 14.4. The summed E-state index contributed by atoms with van der Waals surface area (Å²) in [7, 11) is 4.45. The van der Waals surface area contributed by atoms with Crippen LogP contribution >= 0.6 is 0 Å². The van der Waals surface area contributed by atoms with E-state index in [-0.39, 0.29) is 22.5 Å². The van der Waals surface area contributed by atoms with Crippen LogP contribution in [0.3, 0.4) is 0 Å². The van der Waals surface area contributed by atoms with E-state index in [0.29, 0.717) is 53.0 Å². The number of ether oxygens (including phenoxy) is 3. The molecule has 196 valence electrons. The van der Waals surface area contributed by atoms with Crippen molar-refractivity contribution in [2.75, 3.05) is 26.6 Å². The molecule has 0 radical (unpaired) electrons. The number of carbonyl (C=O) groups is 2. The Hall–Kier alpha value is -3.88. The smallest absolute Gasteiger partial charge is 0.254 e. The number of Topliss-reactive ketones (excluding diaryl/α,β-unsaturated/α-hetero) is 1. The standard InChI is InChI=1S/C28H30F2N2O5/c1-14-23(27(34)32-18-8-7-16(29)11-17(18)30)24(25-19(31-14)12-28(2,3)13-20(25)33)15-9-21(35-4)26(37-6)22(10-15)36-5/h7-11,24,31H,12-13H2,1-6H3,(H,32,34). The lowest BCUT2D eigenvalue weighted by molar-refractivity contribution is -0.118. The predicted molar refractivity (Wildman–Crippen MR) is 135 cm³/mol. The van der Waals surface area contributed by atoms with Crippen molar-refractivity contribution in [1.29, 1.82) is 0 Å². The molecule has 1 aliphatic carbocycles. The summed E-state index contributed by atoms with van der Waals surface area (Å²) >= 11 is 0. The summed E-state index contributed by atoms with van der Waals surface area (Å²) in [5.41, 5.74) is 2.07. The van der Waals surface area contributed by atoms with Gasteiger partial charge in [-0.3, -0.25) is 9.59 Å². The third-order valence-electron chi connectivity index (χ3n) is 6.68. The molecule has 2 N–H and O–H groups in total. The second kappa shape index (κ2) is 9.88. The van der Waals surface area contributed by atoms with Crippen LogP contribution in [-0.4, -0.2) is 33.0 Å². The Morgan fingerprint density at radius 3 is 2.24 bits per heavy atom. The lowest BCUT2D eigenvalue weighted by Crippen LogP contribution is -2.39. The van der Waals surface area contributed by atoms with E-state index in [1.54, 1.807) is 19.1 Å². The zero-order chi connectivity index (χ0) is 27.1. The number of dihydropyridines is 1. The predicted octanol–water partition coefficient (Wildman–Crippen LogP) is 5.23. The van der Waals surface area contributed by atoms with E-state index in [9.17, 15) is 18.4 Å². The number of benzene rings is 2. The molecule has 0 spiro atoms.